The van der Waals surface area contributed by atoms with Gasteiger partial charge < -0.3 is 4.74 Å². The molecule has 0 unspecified atom stereocenters. The number of nitrogens with zero attached hydrogens (tertiary/aromatic N) is 1. The van der Waals surface area contributed by atoms with E-state index in [2.05, 4.69) is 22.0 Å². The molecule has 0 aromatic heterocycles. The highest BCUT2D eigenvalue weighted by molar-refractivity contribution is 9.10. The summed E-state index contributed by atoms with van der Waals surface area (Å²) in [5, 5.41) is 9.02. The number of hydrogen-bond acceptors (Lipinski definition) is 2. The van der Waals surface area contributed by atoms with Gasteiger partial charge >= 0.3 is 0 Å². The molecule has 0 N–H and O–H groups in total. The van der Waals surface area contributed by atoms with Gasteiger partial charge in [0.05, 0.1) is 17.1 Å². The first-order valence-electron chi connectivity index (χ1n) is 4.69. The summed E-state index contributed by atoms with van der Waals surface area (Å²) in [5.41, 5.74) is 0. The van der Waals surface area contributed by atoms with Crippen LogP contribution in [0.3, 0.4) is 0 Å². The highest BCUT2D eigenvalue weighted by atomic mass is 79.9. The van der Waals surface area contributed by atoms with Crippen LogP contribution in [0.1, 0.15) is 19.3 Å². The lowest BCUT2D eigenvalue weighted by Gasteiger charge is -2.07. The molecule has 1 rings (SSSR count). The fourth-order valence-electron chi connectivity index (χ4n) is 1.08. The zero-order valence-corrected chi connectivity index (χ0v) is 10.5. The van der Waals surface area contributed by atoms with E-state index in [0.717, 1.165) is 23.1 Å². The van der Waals surface area contributed by atoms with Gasteiger partial charge in [-0.2, -0.15) is 5.26 Å². The molecule has 1 aromatic carbocycles. The number of unbranched alkanes of at least 4 members (excludes halogenated alkanes) is 2. The van der Waals surface area contributed by atoms with Crippen molar-refractivity contribution in [1.82, 2.24) is 0 Å². The monoisotopic (exact) mass is 287 g/mol. The Morgan fingerprint density at radius 1 is 1.40 bits per heavy atom. The first kappa shape index (κ1) is 12.4. The minimum Gasteiger partial charge on any atom is -0.492 e. The van der Waals surface area contributed by atoms with Crippen LogP contribution in [0.4, 0.5) is 0 Å². The number of rotatable bonds is 5. The van der Waals surface area contributed by atoms with Crippen LogP contribution in [0.25, 0.3) is 0 Å². The molecule has 0 atom stereocenters. The molecule has 0 fully saturated rings. The number of benzene rings is 1. The fourth-order valence-corrected chi connectivity index (χ4v) is 1.88. The van der Waals surface area contributed by atoms with Crippen molar-refractivity contribution >= 4 is 27.5 Å². The van der Waals surface area contributed by atoms with Gasteiger partial charge in [-0.1, -0.05) is 11.6 Å². The van der Waals surface area contributed by atoms with Crippen LogP contribution in [0.5, 0.6) is 5.75 Å². The topological polar surface area (TPSA) is 33.0 Å². The van der Waals surface area contributed by atoms with E-state index in [0.29, 0.717) is 18.1 Å². The summed E-state index contributed by atoms with van der Waals surface area (Å²) in [6.45, 7) is 0.627. The molecular formula is C11H11BrClNO. The summed E-state index contributed by atoms with van der Waals surface area (Å²) in [6, 6.07) is 7.52. The number of halogens is 2. The second-order valence-electron chi connectivity index (χ2n) is 3.04. The highest BCUT2D eigenvalue weighted by Crippen LogP contribution is 2.28. The van der Waals surface area contributed by atoms with Crippen molar-refractivity contribution < 1.29 is 4.74 Å². The molecule has 0 saturated carbocycles. The average molecular weight is 289 g/mol. The van der Waals surface area contributed by atoms with Crippen molar-refractivity contribution in [3.8, 4) is 11.8 Å². The van der Waals surface area contributed by atoms with E-state index in [1.165, 1.54) is 0 Å². The van der Waals surface area contributed by atoms with Crippen LogP contribution in [0.2, 0.25) is 5.02 Å². The van der Waals surface area contributed by atoms with Gasteiger partial charge in [-0.05, 0) is 47.0 Å². The maximum atomic E-state index is 8.34. The van der Waals surface area contributed by atoms with E-state index < -0.39 is 0 Å². The van der Waals surface area contributed by atoms with E-state index in [1.807, 2.05) is 6.07 Å². The van der Waals surface area contributed by atoms with E-state index in [4.69, 9.17) is 21.6 Å². The van der Waals surface area contributed by atoms with Crippen molar-refractivity contribution in [2.24, 2.45) is 0 Å². The van der Waals surface area contributed by atoms with E-state index in [-0.39, 0.29) is 0 Å². The molecule has 15 heavy (non-hydrogen) atoms. The third kappa shape index (κ3) is 4.55. The Bertz CT molecular complexity index is 362. The lowest BCUT2D eigenvalue weighted by Crippen LogP contribution is -1.97. The van der Waals surface area contributed by atoms with Crippen LogP contribution in [-0.2, 0) is 0 Å². The molecule has 0 radical (unpaired) electrons. The van der Waals surface area contributed by atoms with Crippen LogP contribution in [-0.4, -0.2) is 6.61 Å². The van der Waals surface area contributed by atoms with E-state index >= 15 is 0 Å². The molecule has 0 bridgehead atoms. The minimum absolute atomic E-state index is 0.588. The van der Waals surface area contributed by atoms with Crippen LogP contribution < -0.4 is 4.74 Å². The Morgan fingerprint density at radius 2 is 2.20 bits per heavy atom. The SMILES string of the molecule is N#CCCCCOc1ccc(Cl)cc1Br. The summed E-state index contributed by atoms with van der Waals surface area (Å²) >= 11 is 9.17. The summed E-state index contributed by atoms with van der Waals surface area (Å²) in [7, 11) is 0. The Labute approximate surface area is 103 Å². The minimum atomic E-state index is 0.588. The third-order valence-electron chi connectivity index (χ3n) is 1.83. The quantitative estimate of drug-likeness (QED) is 0.762. The Morgan fingerprint density at radius 3 is 2.87 bits per heavy atom. The van der Waals surface area contributed by atoms with Gasteiger partial charge in [0.2, 0.25) is 0 Å². The van der Waals surface area contributed by atoms with Gasteiger partial charge in [0.1, 0.15) is 5.75 Å². The second kappa shape index (κ2) is 6.71. The molecule has 80 valence electrons. The van der Waals surface area contributed by atoms with Crippen LogP contribution in [0.15, 0.2) is 22.7 Å². The zero-order chi connectivity index (χ0) is 11.1. The lowest BCUT2D eigenvalue weighted by molar-refractivity contribution is 0.306. The smallest absolute Gasteiger partial charge is 0.133 e. The first-order valence-corrected chi connectivity index (χ1v) is 5.86. The van der Waals surface area contributed by atoms with Crippen molar-refractivity contribution in [2.75, 3.05) is 6.61 Å². The van der Waals surface area contributed by atoms with Gasteiger partial charge in [0.25, 0.3) is 0 Å². The van der Waals surface area contributed by atoms with Gasteiger partial charge in [-0.25, -0.2) is 0 Å². The van der Waals surface area contributed by atoms with E-state index in [1.54, 1.807) is 12.1 Å². The molecule has 0 spiro atoms. The number of nitriles is 1. The molecule has 1 aromatic rings. The summed E-state index contributed by atoms with van der Waals surface area (Å²) in [6.07, 6.45) is 2.36. The molecule has 4 heteroatoms. The van der Waals surface area contributed by atoms with E-state index in [9.17, 15) is 0 Å². The van der Waals surface area contributed by atoms with Gasteiger partial charge in [-0.3, -0.25) is 0 Å². The molecule has 0 amide bonds. The average Bonchev–Trinajstić information content (AvgIpc) is 2.20. The first-order chi connectivity index (χ1) is 7.24. The van der Waals surface area contributed by atoms with Crippen LogP contribution in [0, 0.1) is 11.3 Å². The third-order valence-corrected chi connectivity index (χ3v) is 2.69. The van der Waals surface area contributed by atoms with Crippen molar-refractivity contribution in [2.45, 2.75) is 19.3 Å². The predicted octanol–water partition coefficient (Wildman–Crippen LogP) is 4.18. The molecule has 2 nitrogen and oxygen atoms in total. The standard InChI is InChI=1S/C11H11BrClNO/c12-10-8-9(13)4-5-11(10)15-7-3-1-2-6-14/h4-5,8H,1-3,7H2. The molecule has 0 heterocycles. The van der Waals surface area contributed by atoms with Crippen molar-refractivity contribution in [1.29, 1.82) is 5.26 Å². The molecule has 0 saturated heterocycles. The Hall–Kier alpha value is -0.720. The predicted molar refractivity (Wildman–Crippen MR) is 64.1 cm³/mol. The number of hydrogen-bond donors (Lipinski definition) is 0. The lowest BCUT2D eigenvalue weighted by atomic mass is 10.2. The number of ether oxygens (including phenoxy) is 1. The Balaban J connectivity index is 2.35. The van der Waals surface area contributed by atoms with Crippen molar-refractivity contribution in [3.63, 3.8) is 0 Å². The zero-order valence-electron chi connectivity index (χ0n) is 8.17. The molecule has 0 aliphatic rings. The molecule has 0 aliphatic carbocycles. The van der Waals surface area contributed by atoms with Gasteiger partial charge in [-0.15, -0.1) is 0 Å². The normalized spacial score (nSPS) is 9.67. The van der Waals surface area contributed by atoms with Gasteiger partial charge in [0.15, 0.2) is 0 Å². The van der Waals surface area contributed by atoms with Gasteiger partial charge in [0, 0.05) is 11.4 Å². The molecule has 0 aliphatic heterocycles. The fraction of sp³-hybridized carbons (Fsp3) is 0.364. The summed E-state index contributed by atoms with van der Waals surface area (Å²) < 4.78 is 6.38. The Kier molecular flexibility index (Phi) is 5.52. The maximum absolute atomic E-state index is 8.34. The summed E-state index contributed by atoms with van der Waals surface area (Å²) in [5.74, 6) is 0.788. The molecular weight excluding hydrogens is 277 g/mol. The largest absolute Gasteiger partial charge is 0.492 e. The second-order valence-corrected chi connectivity index (χ2v) is 4.33. The maximum Gasteiger partial charge on any atom is 0.133 e. The van der Waals surface area contributed by atoms with Crippen LogP contribution >= 0.6 is 27.5 Å². The summed E-state index contributed by atoms with van der Waals surface area (Å²) in [4.78, 5) is 0. The highest BCUT2D eigenvalue weighted by Gasteiger charge is 2.01. The van der Waals surface area contributed by atoms with Crippen molar-refractivity contribution in [3.05, 3.63) is 27.7 Å².